The van der Waals surface area contributed by atoms with Gasteiger partial charge in [-0.15, -0.1) is 0 Å². The van der Waals surface area contributed by atoms with Crippen molar-refractivity contribution in [3.63, 3.8) is 0 Å². The van der Waals surface area contributed by atoms with Crippen molar-refractivity contribution >= 4 is 34.7 Å². The summed E-state index contributed by atoms with van der Waals surface area (Å²) in [4.78, 5) is 12.3. The summed E-state index contributed by atoms with van der Waals surface area (Å²) in [7, 11) is 0. The summed E-state index contributed by atoms with van der Waals surface area (Å²) in [6.07, 6.45) is 3.31. The Labute approximate surface area is 190 Å². The first-order valence-electron chi connectivity index (χ1n) is 9.81. The number of benzene rings is 3. The Morgan fingerprint density at radius 2 is 1.81 bits per heavy atom. The summed E-state index contributed by atoms with van der Waals surface area (Å²) in [6.45, 7) is 0.617. The second-order valence-electron chi connectivity index (χ2n) is 6.95. The number of amides is 2. The van der Waals surface area contributed by atoms with Crippen LogP contribution in [0.2, 0.25) is 5.02 Å². The first-order chi connectivity index (χ1) is 15.6. The molecular weight excluding hydrogens is 424 g/mol. The molecule has 4 rings (SSSR count). The van der Waals surface area contributed by atoms with E-state index in [4.69, 9.17) is 16.9 Å². The minimum Gasteiger partial charge on any atom is -0.381 e. The van der Waals surface area contributed by atoms with Crippen LogP contribution in [0.25, 0.3) is 5.69 Å². The number of anilines is 3. The maximum Gasteiger partial charge on any atom is 0.323 e. The summed E-state index contributed by atoms with van der Waals surface area (Å²) in [6, 6.07) is 23.9. The second-order valence-corrected chi connectivity index (χ2v) is 7.35. The number of nitrogens with one attached hydrogen (secondary N) is 3. The van der Waals surface area contributed by atoms with Gasteiger partial charge >= 0.3 is 6.03 Å². The third-order valence-corrected chi connectivity index (χ3v) is 4.98. The molecule has 32 heavy (non-hydrogen) atoms. The molecule has 0 fully saturated rings. The maximum atomic E-state index is 12.3. The summed E-state index contributed by atoms with van der Waals surface area (Å²) in [5, 5.41) is 22.5. The molecule has 0 saturated carbocycles. The normalized spacial score (nSPS) is 10.2. The van der Waals surface area contributed by atoms with Gasteiger partial charge < -0.3 is 16.0 Å². The zero-order valence-electron chi connectivity index (χ0n) is 16.9. The molecule has 0 radical (unpaired) electrons. The van der Waals surface area contributed by atoms with Gasteiger partial charge in [-0.05, 0) is 54.1 Å². The van der Waals surface area contributed by atoms with E-state index in [9.17, 15) is 4.79 Å². The van der Waals surface area contributed by atoms with Crippen LogP contribution in [-0.4, -0.2) is 15.8 Å². The van der Waals surface area contributed by atoms with Crippen LogP contribution in [0.1, 0.15) is 11.1 Å². The number of urea groups is 1. The van der Waals surface area contributed by atoms with Crippen LogP contribution in [0.3, 0.4) is 0 Å². The van der Waals surface area contributed by atoms with Crippen LogP contribution >= 0.6 is 11.6 Å². The molecule has 4 aromatic rings. The van der Waals surface area contributed by atoms with Gasteiger partial charge in [0.25, 0.3) is 0 Å². The molecule has 0 spiro atoms. The van der Waals surface area contributed by atoms with E-state index >= 15 is 0 Å². The highest BCUT2D eigenvalue weighted by Crippen LogP contribution is 2.21. The first-order valence-corrected chi connectivity index (χ1v) is 10.2. The molecule has 0 atom stereocenters. The number of para-hydroxylation sites is 1. The van der Waals surface area contributed by atoms with E-state index < -0.39 is 6.03 Å². The third-order valence-electron chi connectivity index (χ3n) is 4.65. The van der Waals surface area contributed by atoms with Crippen molar-refractivity contribution in [2.24, 2.45) is 0 Å². The average Bonchev–Trinajstić information content (AvgIpc) is 3.28. The molecule has 0 unspecified atom stereocenters. The average molecular weight is 443 g/mol. The SMILES string of the molecule is N#Cc1ccc(NCc2cccc(-n3cc(NC(=O)Nc4ccccc4Cl)cn3)c2)cc1. The van der Waals surface area contributed by atoms with Crippen LogP contribution in [0.5, 0.6) is 0 Å². The highest BCUT2D eigenvalue weighted by atomic mass is 35.5. The van der Waals surface area contributed by atoms with Gasteiger partial charge in [-0.1, -0.05) is 35.9 Å². The molecule has 1 heterocycles. The number of aromatic nitrogens is 2. The molecule has 0 aliphatic carbocycles. The van der Waals surface area contributed by atoms with Crippen molar-refractivity contribution < 1.29 is 4.79 Å². The smallest absolute Gasteiger partial charge is 0.323 e. The molecule has 7 nitrogen and oxygen atoms in total. The van der Waals surface area contributed by atoms with Crippen LogP contribution in [-0.2, 0) is 6.54 Å². The molecule has 1 aromatic heterocycles. The lowest BCUT2D eigenvalue weighted by molar-refractivity contribution is 0.262. The fourth-order valence-electron chi connectivity index (χ4n) is 3.05. The molecule has 0 aliphatic rings. The van der Waals surface area contributed by atoms with E-state index in [2.05, 4.69) is 27.1 Å². The summed E-state index contributed by atoms with van der Waals surface area (Å²) >= 11 is 6.07. The third kappa shape index (κ3) is 5.25. The molecule has 0 bridgehead atoms. The van der Waals surface area contributed by atoms with Crippen LogP contribution in [0.15, 0.2) is 85.2 Å². The van der Waals surface area contributed by atoms with E-state index in [1.54, 1.807) is 53.5 Å². The minimum absolute atomic E-state index is 0.405. The highest BCUT2D eigenvalue weighted by Gasteiger charge is 2.08. The van der Waals surface area contributed by atoms with Crippen LogP contribution in [0.4, 0.5) is 21.9 Å². The van der Waals surface area contributed by atoms with Gasteiger partial charge in [0.15, 0.2) is 0 Å². The Kier molecular flexibility index (Phi) is 6.35. The van der Waals surface area contributed by atoms with E-state index in [0.717, 1.165) is 16.9 Å². The number of rotatable bonds is 6. The van der Waals surface area contributed by atoms with Crippen molar-refractivity contribution in [2.75, 3.05) is 16.0 Å². The summed E-state index contributed by atoms with van der Waals surface area (Å²) < 4.78 is 1.69. The number of carbonyl (C=O) groups is 1. The number of carbonyl (C=O) groups excluding carboxylic acids is 1. The predicted molar refractivity (Wildman–Crippen MR) is 126 cm³/mol. The maximum absolute atomic E-state index is 12.3. The largest absolute Gasteiger partial charge is 0.381 e. The Morgan fingerprint density at radius 1 is 1.00 bits per heavy atom. The second kappa shape index (κ2) is 9.69. The minimum atomic E-state index is -0.405. The van der Waals surface area contributed by atoms with Crippen LogP contribution < -0.4 is 16.0 Å². The molecule has 3 aromatic carbocycles. The Bertz CT molecular complexity index is 1280. The van der Waals surface area contributed by atoms with Gasteiger partial charge in [0.05, 0.1) is 46.1 Å². The van der Waals surface area contributed by atoms with Crippen molar-refractivity contribution in [1.29, 1.82) is 5.26 Å². The van der Waals surface area contributed by atoms with E-state index in [0.29, 0.717) is 28.5 Å². The Balaban J connectivity index is 1.38. The molecular formula is C24H19ClN6O. The van der Waals surface area contributed by atoms with Crippen molar-refractivity contribution in [2.45, 2.75) is 6.54 Å². The zero-order chi connectivity index (χ0) is 22.3. The lowest BCUT2D eigenvalue weighted by atomic mass is 10.2. The zero-order valence-corrected chi connectivity index (χ0v) is 17.7. The number of nitriles is 1. The van der Waals surface area contributed by atoms with E-state index in [-0.39, 0.29) is 0 Å². The summed E-state index contributed by atoms with van der Waals surface area (Å²) in [5.74, 6) is 0. The van der Waals surface area contributed by atoms with Crippen LogP contribution in [0, 0.1) is 11.3 Å². The molecule has 8 heteroatoms. The highest BCUT2D eigenvalue weighted by molar-refractivity contribution is 6.33. The number of halogens is 1. The van der Waals surface area contributed by atoms with Gasteiger partial charge in [0.1, 0.15) is 0 Å². The lowest BCUT2D eigenvalue weighted by Gasteiger charge is -2.09. The van der Waals surface area contributed by atoms with E-state index in [1.807, 2.05) is 36.4 Å². The van der Waals surface area contributed by atoms with Gasteiger partial charge in [0.2, 0.25) is 0 Å². The van der Waals surface area contributed by atoms with Crippen molar-refractivity contribution in [1.82, 2.24) is 9.78 Å². The lowest BCUT2D eigenvalue weighted by Crippen LogP contribution is -2.19. The molecule has 2 amide bonds. The topological polar surface area (TPSA) is 94.8 Å². The monoisotopic (exact) mass is 442 g/mol. The van der Waals surface area contributed by atoms with Gasteiger partial charge in [-0.2, -0.15) is 10.4 Å². The number of nitrogens with zero attached hydrogens (tertiary/aromatic N) is 3. The van der Waals surface area contributed by atoms with Gasteiger partial charge in [0, 0.05) is 12.2 Å². The Hall–Kier alpha value is -4.28. The van der Waals surface area contributed by atoms with E-state index in [1.165, 1.54) is 0 Å². The van der Waals surface area contributed by atoms with Gasteiger partial charge in [-0.3, -0.25) is 0 Å². The molecule has 158 valence electrons. The van der Waals surface area contributed by atoms with Crippen molar-refractivity contribution in [3.05, 3.63) is 101 Å². The number of hydrogen-bond acceptors (Lipinski definition) is 4. The first kappa shape index (κ1) is 21.0. The quantitative estimate of drug-likeness (QED) is 0.359. The fraction of sp³-hybridized carbons (Fsp3) is 0.0417. The molecule has 3 N–H and O–H groups in total. The molecule has 0 aliphatic heterocycles. The van der Waals surface area contributed by atoms with Gasteiger partial charge in [-0.25, -0.2) is 9.48 Å². The molecule has 0 saturated heterocycles. The standard InChI is InChI=1S/C24H19ClN6O/c25-22-6-1-2-7-23(22)30-24(32)29-20-15-28-31(16-20)21-5-3-4-18(12-21)14-27-19-10-8-17(13-26)9-11-19/h1-12,15-16,27H,14H2,(H2,29,30,32). The Morgan fingerprint density at radius 3 is 2.59 bits per heavy atom. The number of hydrogen-bond donors (Lipinski definition) is 3. The fourth-order valence-corrected chi connectivity index (χ4v) is 3.23. The summed E-state index contributed by atoms with van der Waals surface area (Å²) in [5.41, 5.74) is 4.57. The predicted octanol–water partition coefficient (Wildman–Crippen LogP) is 5.65. The van der Waals surface area contributed by atoms with Crippen molar-refractivity contribution in [3.8, 4) is 11.8 Å².